The third-order valence-electron chi connectivity index (χ3n) is 4.97. The summed E-state index contributed by atoms with van der Waals surface area (Å²) < 4.78 is 6.82. The van der Waals surface area contributed by atoms with Crippen LogP contribution in [-0.2, 0) is 11.8 Å². The number of aromatic nitrogens is 5. The second-order valence-electron chi connectivity index (χ2n) is 6.91. The quantitative estimate of drug-likeness (QED) is 0.408. The Hall–Kier alpha value is -3.72. The number of carbonyl (C=O) groups is 1. The number of aryl methyl sites for hydroxylation is 1. The molecular formula is C21H23N7O2. The molecule has 9 heteroatoms. The van der Waals surface area contributed by atoms with Crippen LogP contribution in [0.4, 0.5) is 11.5 Å². The van der Waals surface area contributed by atoms with E-state index in [1.165, 1.54) is 0 Å². The molecule has 0 unspecified atom stereocenters. The first-order chi connectivity index (χ1) is 14.6. The van der Waals surface area contributed by atoms with Crippen molar-refractivity contribution in [2.45, 2.75) is 6.92 Å². The van der Waals surface area contributed by atoms with Crippen LogP contribution in [0, 0.1) is 6.92 Å². The molecule has 0 aliphatic heterocycles. The van der Waals surface area contributed by atoms with E-state index in [1.54, 1.807) is 36.3 Å². The third kappa shape index (κ3) is 3.87. The maximum Gasteiger partial charge on any atom is 0.256 e. The number of hydrogen-bond acceptors (Lipinski definition) is 6. The van der Waals surface area contributed by atoms with Crippen LogP contribution < -0.4 is 10.6 Å². The second-order valence-corrected chi connectivity index (χ2v) is 6.91. The highest BCUT2D eigenvalue weighted by molar-refractivity contribution is 6.08. The largest absolute Gasteiger partial charge is 0.383 e. The first-order valence-corrected chi connectivity index (χ1v) is 9.54. The molecule has 4 aromatic rings. The van der Waals surface area contributed by atoms with Crippen LogP contribution in [0.15, 0.2) is 42.7 Å². The van der Waals surface area contributed by atoms with E-state index in [-0.39, 0.29) is 5.91 Å². The molecule has 9 nitrogen and oxygen atoms in total. The number of benzene rings is 1. The van der Waals surface area contributed by atoms with Crippen molar-refractivity contribution >= 4 is 28.3 Å². The normalized spacial score (nSPS) is 11.0. The Morgan fingerprint density at radius 1 is 1.23 bits per heavy atom. The summed E-state index contributed by atoms with van der Waals surface area (Å²) in [4.78, 5) is 17.2. The van der Waals surface area contributed by atoms with E-state index in [0.717, 1.165) is 33.5 Å². The molecule has 0 bridgehead atoms. The van der Waals surface area contributed by atoms with Gasteiger partial charge in [-0.25, -0.2) is 0 Å². The maximum absolute atomic E-state index is 12.7. The van der Waals surface area contributed by atoms with Crippen LogP contribution in [0.1, 0.15) is 16.1 Å². The lowest BCUT2D eigenvalue weighted by Crippen LogP contribution is -2.13. The number of carbonyl (C=O) groups excluding carboxylic acids is 1. The number of nitrogens with one attached hydrogen (secondary N) is 3. The molecular weight excluding hydrogens is 382 g/mol. The molecule has 0 saturated heterocycles. The molecule has 154 valence electrons. The summed E-state index contributed by atoms with van der Waals surface area (Å²) in [6, 6.07) is 9.17. The Morgan fingerprint density at radius 3 is 2.73 bits per heavy atom. The van der Waals surface area contributed by atoms with Gasteiger partial charge in [0, 0.05) is 48.6 Å². The van der Waals surface area contributed by atoms with Crippen molar-refractivity contribution in [3.05, 3.63) is 54.0 Å². The SMILES string of the molecule is COCCNc1ccc(C(=O)Nc2n[nH]c3cnc(-c4cnn(C)c4C)cc23)cc1. The van der Waals surface area contributed by atoms with Gasteiger partial charge in [-0.1, -0.05) is 0 Å². The standard InChI is InChI=1S/C21H23N7O2/c1-13-17(11-24-28(13)2)18-10-16-19(12-23-18)26-27-20(16)25-21(29)14-4-6-15(7-5-14)22-8-9-30-3/h4-7,10-12,22H,8-9H2,1-3H3,(H2,25,26,27,29). The fraction of sp³-hybridized carbons (Fsp3) is 0.238. The summed E-state index contributed by atoms with van der Waals surface area (Å²) in [5.74, 6) is 0.227. The van der Waals surface area contributed by atoms with Crippen LogP contribution in [0.3, 0.4) is 0 Å². The van der Waals surface area contributed by atoms with Gasteiger partial charge in [-0.15, -0.1) is 0 Å². The molecule has 3 N–H and O–H groups in total. The molecule has 0 spiro atoms. The number of ether oxygens (including phenoxy) is 1. The highest BCUT2D eigenvalue weighted by Gasteiger charge is 2.14. The number of rotatable bonds is 7. The van der Waals surface area contributed by atoms with E-state index < -0.39 is 0 Å². The van der Waals surface area contributed by atoms with E-state index in [4.69, 9.17) is 4.74 Å². The van der Waals surface area contributed by atoms with E-state index in [9.17, 15) is 4.79 Å². The van der Waals surface area contributed by atoms with Gasteiger partial charge in [-0.3, -0.25) is 19.6 Å². The fourth-order valence-corrected chi connectivity index (χ4v) is 3.13. The van der Waals surface area contributed by atoms with Crippen LogP contribution in [-0.4, -0.2) is 51.1 Å². The number of amides is 1. The molecule has 3 aromatic heterocycles. The second kappa shape index (κ2) is 8.34. The Morgan fingerprint density at radius 2 is 2.03 bits per heavy atom. The van der Waals surface area contributed by atoms with Gasteiger partial charge in [0.25, 0.3) is 5.91 Å². The summed E-state index contributed by atoms with van der Waals surface area (Å²) in [5, 5.41) is 18.3. The molecule has 30 heavy (non-hydrogen) atoms. The molecule has 1 aromatic carbocycles. The van der Waals surface area contributed by atoms with Gasteiger partial charge in [0.2, 0.25) is 0 Å². The molecule has 4 rings (SSSR count). The summed E-state index contributed by atoms with van der Waals surface area (Å²) >= 11 is 0. The predicted molar refractivity (Wildman–Crippen MR) is 116 cm³/mol. The zero-order chi connectivity index (χ0) is 21.1. The predicted octanol–water partition coefficient (Wildman–Crippen LogP) is 2.98. The number of fused-ring (bicyclic) bond motifs is 1. The van der Waals surface area contributed by atoms with E-state index in [2.05, 4.69) is 30.9 Å². The minimum atomic E-state index is -0.234. The highest BCUT2D eigenvalue weighted by Crippen LogP contribution is 2.27. The van der Waals surface area contributed by atoms with E-state index >= 15 is 0 Å². The first-order valence-electron chi connectivity index (χ1n) is 9.54. The number of H-pyrrole nitrogens is 1. The number of pyridine rings is 1. The Labute approximate surface area is 173 Å². The minimum absolute atomic E-state index is 0.234. The number of anilines is 2. The van der Waals surface area contributed by atoms with Crippen LogP contribution in [0.5, 0.6) is 0 Å². The summed E-state index contributed by atoms with van der Waals surface area (Å²) in [6.45, 7) is 3.30. The monoisotopic (exact) mass is 405 g/mol. The van der Waals surface area contributed by atoms with Crippen molar-refractivity contribution in [3.8, 4) is 11.3 Å². The van der Waals surface area contributed by atoms with Gasteiger partial charge in [0.05, 0.1) is 30.2 Å². The molecule has 0 aliphatic rings. The average molecular weight is 405 g/mol. The first kappa shape index (κ1) is 19.6. The van der Waals surface area contributed by atoms with Crippen molar-refractivity contribution in [2.75, 3.05) is 30.9 Å². The molecule has 1 amide bonds. The summed E-state index contributed by atoms with van der Waals surface area (Å²) in [5.41, 5.74) is 4.94. The minimum Gasteiger partial charge on any atom is -0.383 e. The van der Waals surface area contributed by atoms with Crippen molar-refractivity contribution in [1.29, 1.82) is 0 Å². The Bertz CT molecular complexity index is 1180. The molecule has 0 saturated carbocycles. The average Bonchev–Trinajstić information content (AvgIpc) is 3.31. The number of methoxy groups -OCH3 is 1. The van der Waals surface area contributed by atoms with Crippen molar-refractivity contribution in [1.82, 2.24) is 25.0 Å². The lowest BCUT2D eigenvalue weighted by Gasteiger charge is -2.07. The zero-order valence-corrected chi connectivity index (χ0v) is 17.1. The van der Waals surface area contributed by atoms with Crippen LogP contribution in [0.25, 0.3) is 22.2 Å². The van der Waals surface area contributed by atoms with Gasteiger partial charge in [0.15, 0.2) is 5.82 Å². The smallest absolute Gasteiger partial charge is 0.256 e. The van der Waals surface area contributed by atoms with Gasteiger partial charge >= 0.3 is 0 Å². The van der Waals surface area contributed by atoms with E-state index in [0.29, 0.717) is 24.5 Å². The fourth-order valence-electron chi connectivity index (χ4n) is 3.13. The maximum atomic E-state index is 12.7. The van der Waals surface area contributed by atoms with Crippen LogP contribution in [0.2, 0.25) is 0 Å². The van der Waals surface area contributed by atoms with E-state index in [1.807, 2.05) is 32.2 Å². The number of nitrogens with zero attached hydrogens (tertiary/aromatic N) is 4. The van der Waals surface area contributed by atoms with Gasteiger partial charge in [0.1, 0.15) is 0 Å². The highest BCUT2D eigenvalue weighted by atomic mass is 16.5. The van der Waals surface area contributed by atoms with Gasteiger partial charge in [-0.2, -0.15) is 10.2 Å². The number of aromatic amines is 1. The Balaban J connectivity index is 1.54. The molecule has 0 atom stereocenters. The van der Waals surface area contributed by atoms with Crippen LogP contribution >= 0.6 is 0 Å². The number of hydrogen-bond donors (Lipinski definition) is 3. The topological polar surface area (TPSA) is 110 Å². The molecule has 0 fully saturated rings. The van der Waals surface area contributed by atoms with Gasteiger partial charge < -0.3 is 15.4 Å². The van der Waals surface area contributed by atoms with Crippen molar-refractivity contribution in [3.63, 3.8) is 0 Å². The van der Waals surface area contributed by atoms with Crippen molar-refractivity contribution in [2.24, 2.45) is 7.05 Å². The zero-order valence-electron chi connectivity index (χ0n) is 17.1. The lowest BCUT2D eigenvalue weighted by molar-refractivity contribution is 0.102. The van der Waals surface area contributed by atoms with Crippen molar-refractivity contribution < 1.29 is 9.53 Å². The van der Waals surface area contributed by atoms with Gasteiger partial charge in [-0.05, 0) is 37.3 Å². The third-order valence-corrected chi connectivity index (χ3v) is 4.97. The Kier molecular flexibility index (Phi) is 5.44. The molecule has 3 heterocycles. The summed E-state index contributed by atoms with van der Waals surface area (Å²) in [6.07, 6.45) is 3.49. The molecule has 0 aliphatic carbocycles. The lowest BCUT2D eigenvalue weighted by atomic mass is 10.1. The molecule has 0 radical (unpaired) electrons. The summed E-state index contributed by atoms with van der Waals surface area (Å²) in [7, 11) is 3.55.